The van der Waals surface area contributed by atoms with E-state index in [9.17, 15) is 4.79 Å². The van der Waals surface area contributed by atoms with E-state index in [0.717, 1.165) is 5.56 Å². The summed E-state index contributed by atoms with van der Waals surface area (Å²) in [4.78, 5) is 10.9. The average Bonchev–Trinajstić information content (AvgIpc) is 2.42. The second kappa shape index (κ2) is 2.59. The summed E-state index contributed by atoms with van der Waals surface area (Å²) in [6.07, 6.45) is 3.66. The molecule has 0 amide bonds. The minimum atomic E-state index is -0.705. The maximum absolute atomic E-state index is 10.9. The molecule has 4 nitrogen and oxygen atoms in total. The summed E-state index contributed by atoms with van der Waals surface area (Å²) in [5.74, 6) is -0.843. The van der Waals surface area contributed by atoms with Crippen molar-refractivity contribution >= 4 is 5.97 Å². The first kappa shape index (κ1) is 9.24. The van der Waals surface area contributed by atoms with Crippen LogP contribution in [0.2, 0.25) is 0 Å². The number of aryl methyl sites for hydroxylation is 1. The highest BCUT2D eigenvalue weighted by Gasteiger charge is 2.63. The minimum absolute atomic E-state index is 0.119. The van der Waals surface area contributed by atoms with E-state index in [1.54, 1.807) is 10.9 Å². The third-order valence-corrected chi connectivity index (χ3v) is 3.18. The van der Waals surface area contributed by atoms with Gasteiger partial charge in [-0.3, -0.25) is 9.48 Å². The highest BCUT2D eigenvalue weighted by Crippen LogP contribution is 2.64. The average molecular weight is 194 g/mol. The van der Waals surface area contributed by atoms with Crippen LogP contribution >= 0.6 is 0 Å². The van der Waals surface area contributed by atoms with Crippen LogP contribution in [0.25, 0.3) is 0 Å². The third-order valence-electron chi connectivity index (χ3n) is 3.18. The summed E-state index contributed by atoms with van der Waals surface area (Å²) in [5.41, 5.74) is 0.902. The van der Waals surface area contributed by atoms with Gasteiger partial charge in [-0.1, -0.05) is 13.8 Å². The summed E-state index contributed by atoms with van der Waals surface area (Å²) in [6.45, 7) is 3.98. The Bertz CT molecular complexity index is 381. The Morgan fingerprint density at radius 1 is 1.64 bits per heavy atom. The summed E-state index contributed by atoms with van der Waals surface area (Å²) >= 11 is 0. The van der Waals surface area contributed by atoms with Gasteiger partial charge in [-0.15, -0.1) is 0 Å². The quantitative estimate of drug-likeness (QED) is 0.770. The largest absolute Gasteiger partial charge is 0.481 e. The van der Waals surface area contributed by atoms with Crippen LogP contribution in [0.15, 0.2) is 12.4 Å². The normalized spacial score (nSPS) is 28.8. The van der Waals surface area contributed by atoms with E-state index in [1.165, 1.54) is 0 Å². The van der Waals surface area contributed by atoms with Gasteiger partial charge in [-0.2, -0.15) is 5.10 Å². The molecule has 4 heteroatoms. The molecule has 1 saturated carbocycles. The van der Waals surface area contributed by atoms with Crippen molar-refractivity contribution in [2.75, 3.05) is 0 Å². The van der Waals surface area contributed by atoms with Crippen LogP contribution in [0.1, 0.15) is 25.3 Å². The monoisotopic (exact) mass is 194 g/mol. The number of hydrogen-bond donors (Lipinski definition) is 1. The predicted molar refractivity (Wildman–Crippen MR) is 50.9 cm³/mol. The molecule has 1 N–H and O–H groups in total. The molecular weight excluding hydrogens is 180 g/mol. The van der Waals surface area contributed by atoms with Gasteiger partial charge in [0.15, 0.2) is 0 Å². The molecule has 1 unspecified atom stereocenters. The summed E-state index contributed by atoms with van der Waals surface area (Å²) < 4.78 is 1.71. The zero-order valence-electron chi connectivity index (χ0n) is 8.56. The number of nitrogens with zero attached hydrogens (tertiary/aromatic N) is 2. The Hall–Kier alpha value is -1.32. The van der Waals surface area contributed by atoms with Crippen LogP contribution in [0, 0.1) is 11.3 Å². The molecule has 2 rings (SSSR count). The zero-order chi connectivity index (χ0) is 10.5. The van der Waals surface area contributed by atoms with Crippen molar-refractivity contribution in [1.29, 1.82) is 0 Å². The maximum atomic E-state index is 10.9. The van der Waals surface area contributed by atoms with E-state index < -0.39 is 5.97 Å². The number of hydrogen-bond acceptors (Lipinski definition) is 2. The lowest BCUT2D eigenvalue weighted by atomic mass is 10.1. The summed E-state index contributed by atoms with van der Waals surface area (Å²) in [7, 11) is 1.84. The van der Waals surface area contributed by atoms with Gasteiger partial charge in [0.05, 0.1) is 12.1 Å². The van der Waals surface area contributed by atoms with Gasteiger partial charge in [-0.25, -0.2) is 0 Å². The zero-order valence-corrected chi connectivity index (χ0v) is 8.56. The van der Waals surface area contributed by atoms with Crippen LogP contribution in [-0.2, 0) is 11.8 Å². The van der Waals surface area contributed by atoms with Gasteiger partial charge in [0, 0.05) is 19.2 Å². The molecule has 1 fully saturated rings. The molecule has 1 aliphatic carbocycles. The number of rotatable bonds is 2. The SMILES string of the molecule is Cn1cc(C2[C@H](C(=O)O)C2(C)C)cn1. The maximum Gasteiger partial charge on any atom is 0.307 e. The van der Waals surface area contributed by atoms with Crippen LogP contribution in [0.4, 0.5) is 0 Å². The van der Waals surface area contributed by atoms with E-state index in [2.05, 4.69) is 5.10 Å². The standard InChI is InChI=1S/C10H14N2O2/c1-10(2)7(8(10)9(13)14)6-4-11-12(3)5-6/h4-5,7-8H,1-3H3,(H,13,14)/t7?,8-/m1/s1. The second-order valence-corrected chi connectivity index (χ2v) is 4.56. The first-order valence-electron chi connectivity index (χ1n) is 4.66. The highest BCUT2D eigenvalue weighted by atomic mass is 16.4. The molecule has 76 valence electrons. The lowest BCUT2D eigenvalue weighted by Crippen LogP contribution is -2.03. The van der Waals surface area contributed by atoms with Crippen molar-refractivity contribution in [1.82, 2.24) is 9.78 Å². The van der Waals surface area contributed by atoms with E-state index >= 15 is 0 Å². The Morgan fingerprint density at radius 2 is 2.29 bits per heavy atom. The molecule has 1 heterocycles. The third kappa shape index (κ3) is 1.14. The van der Waals surface area contributed by atoms with Crippen molar-refractivity contribution < 1.29 is 9.90 Å². The van der Waals surface area contributed by atoms with Crippen molar-refractivity contribution in [2.45, 2.75) is 19.8 Å². The van der Waals surface area contributed by atoms with Gasteiger partial charge in [0.25, 0.3) is 0 Å². The molecule has 1 aromatic heterocycles. The second-order valence-electron chi connectivity index (χ2n) is 4.56. The van der Waals surface area contributed by atoms with E-state index in [0.29, 0.717) is 0 Å². The first-order valence-corrected chi connectivity index (χ1v) is 4.66. The number of carboxylic acid groups (broad SMARTS) is 1. The Morgan fingerprint density at radius 3 is 2.64 bits per heavy atom. The lowest BCUT2D eigenvalue weighted by Gasteiger charge is -1.97. The molecule has 0 aromatic carbocycles. The van der Waals surface area contributed by atoms with Gasteiger partial charge in [0.1, 0.15) is 0 Å². The van der Waals surface area contributed by atoms with Crippen LogP contribution in [0.3, 0.4) is 0 Å². The predicted octanol–water partition coefficient (Wildman–Crippen LogP) is 1.24. The molecule has 0 aliphatic heterocycles. The lowest BCUT2D eigenvalue weighted by molar-refractivity contribution is -0.139. The first-order chi connectivity index (χ1) is 6.44. The van der Waals surface area contributed by atoms with Gasteiger partial charge >= 0.3 is 5.97 Å². The molecule has 1 aromatic rings. The minimum Gasteiger partial charge on any atom is -0.481 e. The Balaban J connectivity index is 2.27. The van der Waals surface area contributed by atoms with Crippen LogP contribution < -0.4 is 0 Å². The van der Waals surface area contributed by atoms with Crippen LogP contribution in [-0.4, -0.2) is 20.9 Å². The Labute approximate surface area is 82.5 Å². The van der Waals surface area contributed by atoms with Gasteiger partial charge in [0.2, 0.25) is 0 Å². The van der Waals surface area contributed by atoms with Crippen LogP contribution in [0.5, 0.6) is 0 Å². The Kier molecular flexibility index (Phi) is 1.71. The number of carbonyl (C=O) groups is 1. The van der Waals surface area contributed by atoms with Crippen molar-refractivity contribution in [3.63, 3.8) is 0 Å². The smallest absolute Gasteiger partial charge is 0.307 e. The number of aliphatic carboxylic acids is 1. The van der Waals surface area contributed by atoms with Crippen molar-refractivity contribution in [3.05, 3.63) is 18.0 Å². The number of aromatic nitrogens is 2. The van der Waals surface area contributed by atoms with E-state index in [1.807, 2.05) is 27.1 Å². The molecule has 0 saturated heterocycles. The molecular formula is C10H14N2O2. The molecule has 14 heavy (non-hydrogen) atoms. The van der Waals surface area contributed by atoms with Crippen molar-refractivity contribution in [3.8, 4) is 0 Å². The summed E-state index contributed by atoms with van der Waals surface area (Å²) in [5, 5.41) is 13.1. The highest BCUT2D eigenvalue weighted by molar-refractivity contribution is 5.77. The molecule has 0 bridgehead atoms. The molecule has 0 spiro atoms. The summed E-state index contributed by atoms with van der Waals surface area (Å²) in [6, 6.07) is 0. The molecule has 2 atom stereocenters. The fourth-order valence-electron chi connectivity index (χ4n) is 2.32. The van der Waals surface area contributed by atoms with Gasteiger partial charge < -0.3 is 5.11 Å². The van der Waals surface area contributed by atoms with E-state index in [-0.39, 0.29) is 17.3 Å². The fourth-order valence-corrected chi connectivity index (χ4v) is 2.32. The van der Waals surface area contributed by atoms with Gasteiger partial charge in [-0.05, 0) is 11.0 Å². The fraction of sp³-hybridized carbons (Fsp3) is 0.600. The number of carboxylic acids is 1. The molecule has 1 aliphatic rings. The van der Waals surface area contributed by atoms with Crippen molar-refractivity contribution in [2.24, 2.45) is 18.4 Å². The van der Waals surface area contributed by atoms with E-state index in [4.69, 9.17) is 5.11 Å². The topological polar surface area (TPSA) is 55.1 Å². The molecule has 0 radical (unpaired) electrons.